The molecular weight excluding hydrogens is 318 g/mol. The molecule has 2 nitrogen and oxygen atoms in total. The predicted octanol–water partition coefficient (Wildman–Crippen LogP) is 5.25. The zero-order valence-corrected chi connectivity index (χ0v) is 15.2. The van der Waals surface area contributed by atoms with E-state index in [0.29, 0.717) is 0 Å². The first-order valence-electron chi connectivity index (χ1n) is 9.10. The normalized spacial score (nSPS) is 17.5. The number of aryl methyl sites for hydroxylation is 2. The Balaban J connectivity index is 1.67. The average molecular weight is 341 g/mol. The Kier molecular flexibility index (Phi) is 4.12. The quantitative estimate of drug-likeness (QED) is 0.690. The van der Waals surface area contributed by atoms with Crippen LogP contribution in [0.4, 0.5) is 5.69 Å². The minimum absolute atomic E-state index is 0.0489. The summed E-state index contributed by atoms with van der Waals surface area (Å²) in [5.74, 6) is 0.0543. The van der Waals surface area contributed by atoms with Gasteiger partial charge in [-0.1, -0.05) is 72.8 Å². The number of carbonyl (C=O) groups is 1. The number of carbonyl (C=O) groups excluding carboxylic acids is 1. The minimum Gasteiger partial charge on any atom is -0.326 e. The number of amides is 1. The van der Waals surface area contributed by atoms with Crippen LogP contribution in [0.2, 0.25) is 0 Å². The molecule has 130 valence electrons. The summed E-state index contributed by atoms with van der Waals surface area (Å²) < 4.78 is 0. The number of rotatable bonds is 4. The topological polar surface area (TPSA) is 29.1 Å². The van der Waals surface area contributed by atoms with Gasteiger partial charge in [0.2, 0.25) is 5.91 Å². The molecule has 1 atom stereocenters. The smallest absolute Gasteiger partial charge is 0.228 e. The van der Waals surface area contributed by atoms with Crippen molar-refractivity contribution in [2.24, 2.45) is 5.92 Å². The maximum absolute atomic E-state index is 13.1. The molecule has 0 aromatic heterocycles. The fraction of sp³-hybridized carbons (Fsp3) is 0.208. The van der Waals surface area contributed by atoms with Crippen molar-refractivity contribution in [1.82, 2.24) is 0 Å². The van der Waals surface area contributed by atoms with E-state index in [0.717, 1.165) is 23.2 Å². The maximum atomic E-state index is 13.1. The second kappa shape index (κ2) is 6.45. The van der Waals surface area contributed by atoms with Crippen LogP contribution < -0.4 is 5.32 Å². The van der Waals surface area contributed by atoms with Crippen LogP contribution in [0.3, 0.4) is 0 Å². The standard InChI is InChI=1S/C24H23NO/c1-17-13-14-18(2)22(15-17)25-23(26)21-16-24(21,19-9-5-3-6-10-19)20-11-7-4-8-12-20/h3-15,21H,16H2,1-2H3,(H,25,26)/t21-/m0/s1. The fourth-order valence-corrected chi connectivity index (χ4v) is 3.95. The molecule has 1 fully saturated rings. The highest BCUT2D eigenvalue weighted by atomic mass is 16.2. The van der Waals surface area contributed by atoms with E-state index < -0.39 is 0 Å². The van der Waals surface area contributed by atoms with Gasteiger partial charge in [0, 0.05) is 11.1 Å². The lowest BCUT2D eigenvalue weighted by Crippen LogP contribution is -2.22. The maximum Gasteiger partial charge on any atom is 0.228 e. The van der Waals surface area contributed by atoms with E-state index in [1.54, 1.807) is 0 Å². The van der Waals surface area contributed by atoms with E-state index in [1.165, 1.54) is 11.1 Å². The van der Waals surface area contributed by atoms with Crippen molar-refractivity contribution in [3.8, 4) is 0 Å². The lowest BCUT2D eigenvalue weighted by Gasteiger charge is -2.19. The van der Waals surface area contributed by atoms with Crippen molar-refractivity contribution < 1.29 is 4.79 Å². The van der Waals surface area contributed by atoms with Crippen LogP contribution >= 0.6 is 0 Å². The number of hydrogen-bond acceptors (Lipinski definition) is 1. The Hall–Kier alpha value is -2.87. The van der Waals surface area contributed by atoms with E-state index in [2.05, 4.69) is 66.0 Å². The van der Waals surface area contributed by atoms with Gasteiger partial charge in [0.1, 0.15) is 0 Å². The first-order chi connectivity index (χ1) is 12.6. The van der Waals surface area contributed by atoms with Gasteiger partial charge in [-0.3, -0.25) is 4.79 Å². The van der Waals surface area contributed by atoms with Gasteiger partial charge >= 0.3 is 0 Å². The molecule has 0 radical (unpaired) electrons. The summed E-state index contributed by atoms with van der Waals surface area (Å²) in [6.45, 7) is 4.08. The zero-order valence-electron chi connectivity index (χ0n) is 15.2. The van der Waals surface area contributed by atoms with Crippen LogP contribution in [-0.4, -0.2) is 5.91 Å². The Morgan fingerprint density at radius 2 is 1.46 bits per heavy atom. The molecule has 0 heterocycles. The minimum atomic E-state index is -0.218. The Labute approximate surface area is 154 Å². The number of benzene rings is 3. The highest BCUT2D eigenvalue weighted by molar-refractivity contribution is 5.97. The summed E-state index contributed by atoms with van der Waals surface area (Å²) in [6, 6.07) is 27.0. The van der Waals surface area contributed by atoms with Gasteiger partial charge in [-0.25, -0.2) is 0 Å². The lowest BCUT2D eigenvalue weighted by molar-refractivity contribution is -0.117. The zero-order chi connectivity index (χ0) is 18.1. The third-order valence-corrected chi connectivity index (χ3v) is 5.51. The Morgan fingerprint density at radius 1 is 0.885 bits per heavy atom. The molecule has 1 amide bonds. The molecule has 0 aliphatic heterocycles. The molecule has 0 spiro atoms. The van der Waals surface area contributed by atoms with E-state index in [1.807, 2.05) is 32.0 Å². The number of nitrogens with one attached hydrogen (secondary N) is 1. The van der Waals surface area contributed by atoms with Gasteiger partial charge in [-0.15, -0.1) is 0 Å². The van der Waals surface area contributed by atoms with E-state index in [-0.39, 0.29) is 17.2 Å². The molecule has 1 aliphatic carbocycles. The molecule has 1 aliphatic rings. The van der Waals surface area contributed by atoms with Crippen LogP contribution in [0.5, 0.6) is 0 Å². The van der Waals surface area contributed by atoms with E-state index >= 15 is 0 Å². The summed E-state index contributed by atoms with van der Waals surface area (Å²) >= 11 is 0. The van der Waals surface area contributed by atoms with Gasteiger partial charge in [0.25, 0.3) is 0 Å². The SMILES string of the molecule is Cc1ccc(C)c(NC(=O)[C@@H]2CC2(c2ccccc2)c2ccccc2)c1. The van der Waals surface area contributed by atoms with Crippen LogP contribution in [0.15, 0.2) is 78.9 Å². The van der Waals surface area contributed by atoms with Crippen molar-refractivity contribution >= 4 is 11.6 Å². The van der Waals surface area contributed by atoms with Crippen molar-refractivity contribution in [3.63, 3.8) is 0 Å². The number of hydrogen-bond donors (Lipinski definition) is 1. The molecule has 0 bridgehead atoms. The lowest BCUT2D eigenvalue weighted by atomic mass is 9.85. The molecule has 1 saturated carbocycles. The van der Waals surface area contributed by atoms with Gasteiger partial charge < -0.3 is 5.32 Å². The van der Waals surface area contributed by atoms with Crippen LogP contribution in [0.25, 0.3) is 0 Å². The second-order valence-corrected chi connectivity index (χ2v) is 7.27. The molecule has 26 heavy (non-hydrogen) atoms. The molecule has 4 rings (SSSR count). The second-order valence-electron chi connectivity index (χ2n) is 7.27. The molecule has 1 N–H and O–H groups in total. The predicted molar refractivity (Wildman–Crippen MR) is 106 cm³/mol. The molecule has 0 saturated heterocycles. The van der Waals surface area contributed by atoms with Gasteiger partial charge in [-0.05, 0) is 48.6 Å². The van der Waals surface area contributed by atoms with Gasteiger partial charge in [0.05, 0.1) is 5.92 Å². The molecule has 3 aromatic carbocycles. The van der Waals surface area contributed by atoms with Gasteiger partial charge in [0.15, 0.2) is 0 Å². The van der Waals surface area contributed by atoms with Crippen LogP contribution in [0, 0.1) is 19.8 Å². The fourth-order valence-electron chi connectivity index (χ4n) is 3.95. The average Bonchev–Trinajstić information content (AvgIpc) is 3.43. The molecule has 0 unspecified atom stereocenters. The summed E-state index contributed by atoms with van der Waals surface area (Å²) in [7, 11) is 0. The van der Waals surface area contributed by atoms with E-state index in [9.17, 15) is 4.79 Å². The first-order valence-corrected chi connectivity index (χ1v) is 9.10. The summed E-state index contributed by atoms with van der Waals surface area (Å²) in [5.41, 5.74) is 5.37. The largest absolute Gasteiger partial charge is 0.326 e. The Morgan fingerprint density at radius 3 is 2.04 bits per heavy atom. The van der Waals surface area contributed by atoms with E-state index in [4.69, 9.17) is 0 Å². The highest BCUT2D eigenvalue weighted by Gasteiger charge is 2.60. The van der Waals surface area contributed by atoms with Crippen molar-refractivity contribution in [3.05, 3.63) is 101 Å². The van der Waals surface area contributed by atoms with Crippen LogP contribution in [0.1, 0.15) is 28.7 Å². The summed E-state index contributed by atoms with van der Waals surface area (Å²) in [6.07, 6.45) is 0.845. The number of anilines is 1. The van der Waals surface area contributed by atoms with Crippen molar-refractivity contribution in [1.29, 1.82) is 0 Å². The molecule has 2 heteroatoms. The monoisotopic (exact) mass is 341 g/mol. The van der Waals surface area contributed by atoms with Crippen LogP contribution in [-0.2, 0) is 10.2 Å². The summed E-state index contributed by atoms with van der Waals surface area (Å²) in [5, 5.41) is 3.17. The third kappa shape index (κ3) is 2.82. The molecular formula is C24H23NO. The van der Waals surface area contributed by atoms with Crippen molar-refractivity contribution in [2.75, 3.05) is 5.32 Å². The first kappa shape index (κ1) is 16.6. The Bertz CT molecular complexity index is 891. The highest BCUT2D eigenvalue weighted by Crippen LogP contribution is 2.59. The third-order valence-electron chi connectivity index (χ3n) is 5.51. The summed E-state index contributed by atoms with van der Waals surface area (Å²) in [4.78, 5) is 13.1. The van der Waals surface area contributed by atoms with Gasteiger partial charge in [-0.2, -0.15) is 0 Å². The molecule has 3 aromatic rings. The van der Waals surface area contributed by atoms with Crippen molar-refractivity contribution in [2.45, 2.75) is 25.7 Å².